The molecule has 20 heavy (non-hydrogen) atoms. The Balaban J connectivity index is 1.80. The van der Waals surface area contributed by atoms with E-state index < -0.39 is 0 Å². The van der Waals surface area contributed by atoms with Crippen molar-refractivity contribution >= 4 is 16.8 Å². The first-order valence-corrected chi connectivity index (χ1v) is 6.17. The number of fused-ring (bicyclic) bond motifs is 1. The van der Waals surface area contributed by atoms with Crippen LogP contribution in [0.15, 0.2) is 47.1 Å². The number of anilines is 1. The number of hydrogen-bond donors (Lipinski definition) is 0. The number of benzene rings is 1. The maximum Gasteiger partial charge on any atom is 0.158 e. The van der Waals surface area contributed by atoms with Gasteiger partial charge in [-0.15, -0.1) is 0 Å². The Kier molecular flexibility index (Phi) is 3.05. The number of para-hydroxylation sites is 1. The van der Waals surface area contributed by atoms with Gasteiger partial charge in [-0.05, 0) is 12.1 Å². The lowest BCUT2D eigenvalue weighted by Gasteiger charge is -2.15. The van der Waals surface area contributed by atoms with Crippen molar-refractivity contribution in [3.8, 4) is 6.07 Å². The van der Waals surface area contributed by atoms with Crippen molar-refractivity contribution in [3.05, 3.63) is 54.2 Å². The summed E-state index contributed by atoms with van der Waals surface area (Å²) in [6, 6.07) is 11.9. The molecule has 0 aliphatic rings. The number of nitrogens with zero attached hydrogens (tertiary/aromatic N) is 4. The van der Waals surface area contributed by atoms with E-state index in [9.17, 15) is 0 Å². The van der Waals surface area contributed by atoms with Gasteiger partial charge in [0.05, 0.1) is 18.9 Å². The molecule has 5 heteroatoms. The van der Waals surface area contributed by atoms with Crippen LogP contribution in [0, 0.1) is 11.3 Å². The summed E-state index contributed by atoms with van der Waals surface area (Å²) in [5.41, 5.74) is 1.19. The van der Waals surface area contributed by atoms with E-state index in [1.807, 2.05) is 48.3 Å². The molecule has 0 saturated heterocycles. The van der Waals surface area contributed by atoms with Gasteiger partial charge < -0.3 is 9.32 Å². The number of furan rings is 1. The molecule has 98 valence electrons. The van der Waals surface area contributed by atoms with Crippen molar-refractivity contribution < 1.29 is 4.42 Å². The highest BCUT2D eigenvalue weighted by Crippen LogP contribution is 2.20. The molecule has 0 N–H and O–H groups in total. The van der Waals surface area contributed by atoms with Crippen molar-refractivity contribution in [2.45, 2.75) is 6.54 Å². The quantitative estimate of drug-likeness (QED) is 0.727. The molecule has 2 aromatic heterocycles. The summed E-state index contributed by atoms with van der Waals surface area (Å²) >= 11 is 0. The molecule has 0 fully saturated rings. The molecule has 0 aliphatic carbocycles. The molecular weight excluding hydrogens is 252 g/mol. The smallest absolute Gasteiger partial charge is 0.158 e. The molecular formula is C15H12N4O. The minimum absolute atomic E-state index is 0.311. The van der Waals surface area contributed by atoms with E-state index in [4.69, 9.17) is 9.68 Å². The van der Waals surface area contributed by atoms with E-state index in [2.05, 4.69) is 9.97 Å². The van der Waals surface area contributed by atoms with Crippen LogP contribution in [-0.2, 0) is 6.54 Å². The Hall–Kier alpha value is -2.87. The van der Waals surface area contributed by atoms with E-state index in [-0.39, 0.29) is 0 Å². The molecule has 3 aromatic rings. The summed E-state index contributed by atoms with van der Waals surface area (Å²) in [6.45, 7) is 0.593. The first-order chi connectivity index (χ1) is 9.76. The monoisotopic (exact) mass is 264 g/mol. The number of aromatic nitrogens is 2. The van der Waals surface area contributed by atoms with Crippen LogP contribution in [0.2, 0.25) is 0 Å². The van der Waals surface area contributed by atoms with Gasteiger partial charge in [-0.3, -0.25) is 0 Å². The summed E-state index contributed by atoms with van der Waals surface area (Å²) < 4.78 is 5.76. The molecule has 5 nitrogen and oxygen atoms in total. The molecule has 0 bridgehead atoms. The third-order valence-corrected chi connectivity index (χ3v) is 3.01. The van der Waals surface area contributed by atoms with Crippen LogP contribution >= 0.6 is 0 Å². The van der Waals surface area contributed by atoms with Crippen molar-refractivity contribution in [2.75, 3.05) is 11.9 Å². The second-order valence-electron chi connectivity index (χ2n) is 4.48. The Labute approximate surface area is 116 Å². The van der Waals surface area contributed by atoms with Gasteiger partial charge in [-0.2, -0.15) is 5.26 Å². The standard InChI is InChI=1S/C15H12N4O/c1-19(15-9-17-12(7-16)8-18-15)10-13-6-11-4-2-3-5-14(11)20-13/h2-6,8-9H,10H2,1H3. The van der Waals surface area contributed by atoms with Gasteiger partial charge in [0, 0.05) is 12.4 Å². The molecule has 0 spiro atoms. The fourth-order valence-electron chi connectivity index (χ4n) is 2.01. The van der Waals surface area contributed by atoms with Crippen LogP contribution < -0.4 is 4.90 Å². The third kappa shape index (κ3) is 2.31. The summed E-state index contributed by atoms with van der Waals surface area (Å²) in [6.07, 6.45) is 3.05. The zero-order valence-electron chi connectivity index (χ0n) is 10.9. The van der Waals surface area contributed by atoms with Crippen LogP contribution in [0.4, 0.5) is 5.82 Å². The maximum absolute atomic E-state index is 8.70. The first kappa shape index (κ1) is 12.2. The van der Waals surface area contributed by atoms with Gasteiger partial charge in [0.1, 0.15) is 23.2 Å². The predicted molar refractivity (Wildman–Crippen MR) is 75.1 cm³/mol. The molecule has 0 aliphatic heterocycles. The lowest BCUT2D eigenvalue weighted by atomic mass is 10.2. The largest absolute Gasteiger partial charge is 0.459 e. The fraction of sp³-hybridized carbons (Fsp3) is 0.133. The van der Waals surface area contributed by atoms with Gasteiger partial charge in [-0.1, -0.05) is 18.2 Å². The SMILES string of the molecule is CN(Cc1cc2ccccc2o1)c1cnc(C#N)cn1. The van der Waals surface area contributed by atoms with Crippen LogP contribution in [0.3, 0.4) is 0 Å². The third-order valence-electron chi connectivity index (χ3n) is 3.01. The average Bonchev–Trinajstić information content (AvgIpc) is 2.89. The Morgan fingerprint density at radius 3 is 2.80 bits per heavy atom. The van der Waals surface area contributed by atoms with Crippen molar-refractivity contribution in [3.63, 3.8) is 0 Å². The Bertz CT molecular complexity index is 737. The van der Waals surface area contributed by atoms with Gasteiger partial charge in [0.15, 0.2) is 5.69 Å². The van der Waals surface area contributed by atoms with Crippen LogP contribution in [-0.4, -0.2) is 17.0 Å². The molecule has 3 rings (SSSR count). The van der Waals surface area contributed by atoms with E-state index in [0.29, 0.717) is 18.1 Å². The first-order valence-electron chi connectivity index (χ1n) is 6.17. The zero-order chi connectivity index (χ0) is 13.9. The molecule has 0 amide bonds. The Morgan fingerprint density at radius 1 is 1.25 bits per heavy atom. The van der Waals surface area contributed by atoms with Gasteiger partial charge in [-0.25, -0.2) is 9.97 Å². The van der Waals surface area contributed by atoms with Crippen molar-refractivity contribution in [2.24, 2.45) is 0 Å². The highest BCUT2D eigenvalue weighted by atomic mass is 16.3. The fourth-order valence-corrected chi connectivity index (χ4v) is 2.01. The summed E-state index contributed by atoms with van der Waals surface area (Å²) in [4.78, 5) is 10.1. The van der Waals surface area contributed by atoms with Gasteiger partial charge in [0.25, 0.3) is 0 Å². The van der Waals surface area contributed by atoms with E-state index in [1.165, 1.54) is 6.20 Å². The van der Waals surface area contributed by atoms with E-state index in [1.54, 1.807) is 6.20 Å². The van der Waals surface area contributed by atoms with E-state index in [0.717, 1.165) is 16.7 Å². The number of nitriles is 1. The second kappa shape index (κ2) is 5.02. The zero-order valence-corrected chi connectivity index (χ0v) is 10.9. The average molecular weight is 264 g/mol. The van der Waals surface area contributed by atoms with Crippen LogP contribution in [0.5, 0.6) is 0 Å². The minimum Gasteiger partial charge on any atom is -0.459 e. The highest BCUT2D eigenvalue weighted by molar-refractivity contribution is 5.77. The number of rotatable bonds is 3. The molecule has 2 heterocycles. The second-order valence-corrected chi connectivity index (χ2v) is 4.48. The van der Waals surface area contributed by atoms with Crippen LogP contribution in [0.1, 0.15) is 11.5 Å². The lowest BCUT2D eigenvalue weighted by molar-refractivity contribution is 0.545. The van der Waals surface area contributed by atoms with E-state index >= 15 is 0 Å². The molecule has 0 radical (unpaired) electrons. The summed E-state index contributed by atoms with van der Waals surface area (Å²) in [5.74, 6) is 1.56. The maximum atomic E-state index is 8.70. The lowest BCUT2D eigenvalue weighted by Crippen LogP contribution is -2.17. The Morgan fingerprint density at radius 2 is 2.10 bits per heavy atom. The van der Waals surface area contributed by atoms with Crippen LogP contribution in [0.25, 0.3) is 11.0 Å². The summed E-state index contributed by atoms with van der Waals surface area (Å²) in [7, 11) is 1.91. The molecule has 0 unspecified atom stereocenters. The van der Waals surface area contributed by atoms with Gasteiger partial charge >= 0.3 is 0 Å². The molecule has 0 atom stereocenters. The topological polar surface area (TPSA) is 66.0 Å². The molecule has 1 aromatic carbocycles. The normalized spacial score (nSPS) is 10.4. The molecule has 0 saturated carbocycles. The van der Waals surface area contributed by atoms with Gasteiger partial charge in [0.2, 0.25) is 0 Å². The van der Waals surface area contributed by atoms with Crippen molar-refractivity contribution in [1.82, 2.24) is 9.97 Å². The number of hydrogen-bond acceptors (Lipinski definition) is 5. The minimum atomic E-state index is 0.311. The summed E-state index contributed by atoms with van der Waals surface area (Å²) in [5, 5.41) is 9.79. The highest BCUT2D eigenvalue weighted by Gasteiger charge is 2.08. The predicted octanol–water partition coefficient (Wildman–Crippen LogP) is 2.73. The van der Waals surface area contributed by atoms with Crippen molar-refractivity contribution in [1.29, 1.82) is 5.26 Å².